The van der Waals surface area contributed by atoms with Crippen LogP contribution in [0.3, 0.4) is 0 Å². The first-order valence-corrected chi connectivity index (χ1v) is 3.87. The van der Waals surface area contributed by atoms with Crippen molar-refractivity contribution in [1.29, 1.82) is 0 Å². The van der Waals surface area contributed by atoms with Gasteiger partial charge in [-0.25, -0.2) is 0 Å². The SMILES string of the molecule is NC(=O)CNc1ccnc(C(N)=O)c1. The van der Waals surface area contributed by atoms with E-state index < -0.39 is 11.8 Å². The van der Waals surface area contributed by atoms with Crippen LogP contribution in [-0.2, 0) is 4.79 Å². The Balaban J connectivity index is 2.73. The molecule has 0 fully saturated rings. The highest BCUT2D eigenvalue weighted by atomic mass is 16.1. The molecule has 0 aliphatic carbocycles. The number of primary amides is 2. The van der Waals surface area contributed by atoms with Crippen LogP contribution in [-0.4, -0.2) is 23.3 Å². The maximum atomic E-state index is 10.7. The fourth-order valence-electron chi connectivity index (χ4n) is 0.864. The number of anilines is 1. The second kappa shape index (κ2) is 4.22. The highest BCUT2D eigenvalue weighted by molar-refractivity contribution is 5.91. The first kappa shape index (κ1) is 9.97. The van der Waals surface area contributed by atoms with Gasteiger partial charge in [0, 0.05) is 11.9 Å². The lowest BCUT2D eigenvalue weighted by molar-refractivity contribution is -0.116. The van der Waals surface area contributed by atoms with Gasteiger partial charge in [0.2, 0.25) is 5.91 Å². The van der Waals surface area contributed by atoms with Crippen molar-refractivity contribution in [2.24, 2.45) is 11.5 Å². The molecule has 0 atom stereocenters. The number of hydrogen-bond acceptors (Lipinski definition) is 4. The van der Waals surface area contributed by atoms with E-state index in [4.69, 9.17) is 11.5 Å². The van der Waals surface area contributed by atoms with Crippen molar-refractivity contribution in [2.45, 2.75) is 0 Å². The molecule has 0 spiro atoms. The smallest absolute Gasteiger partial charge is 0.267 e. The monoisotopic (exact) mass is 194 g/mol. The average molecular weight is 194 g/mol. The topological polar surface area (TPSA) is 111 Å². The number of rotatable bonds is 4. The van der Waals surface area contributed by atoms with E-state index in [-0.39, 0.29) is 12.2 Å². The van der Waals surface area contributed by atoms with E-state index in [0.29, 0.717) is 5.69 Å². The summed E-state index contributed by atoms with van der Waals surface area (Å²) in [6.07, 6.45) is 1.42. The van der Waals surface area contributed by atoms with Gasteiger partial charge in [-0.05, 0) is 12.1 Å². The van der Waals surface area contributed by atoms with Crippen LogP contribution in [0.5, 0.6) is 0 Å². The number of amides is 2. The standard InChI is InChI=1S/C8H10N4O2/c9-7(13)4-12-5-1-2-11-6(3-5)8(10)14/h1-3H,4H2,(H2,9,13)(H2,10,14)(H,11,12). The highest BCUT2D eigenvalue weighted by Gasteiger charge is 2.02. The highest BCUT2D eigenvalue weighted by Crippen LogP contribution is 2.06. The normalized spacial score (nSPS) is 9.43. The molecule has 14 heavy (non-hydrogen) atoms. The first-order valence-electron chi connectivity index (χ1n) is 3.87. The van der Waals surface area contributed by atoms with Gasteiger partial charge in [-0.15, -0.1) is 0 Å². The maximum absolute atomic E-state index is 10.7. The van der Waals surface area contributed by atoms with Gasteiger partial charge < -0.3 is 16.8 Å². The molecule has 0 radical (unpaired) electrons. The van der Waals surface area contributed by atoms with Crippen LogP contribution in [0, 0.1) is 0 Å². The fraction of sp³-hybridized carbons (Fsp3) is 0.125. The number of carbonyl (C=O) groups is 2. The summed E-state index contributed by atoms with van der Waals surface area (Å²) in [5, 5.41) is 2.72. The number of nitrogens with two attached hydrogens (primary N) is 2. The number of nitrogens with zero attached hydrogens (tertiary/aromatic N) is 1. The zero-order chi connectivity index (χ0) is 10.6. The predicted molar refractivity (Wildman–Crippen MR) is 50.4 cm³/mol. The lowest BCUT2D eigenvalue weighted by Gasteiger charge is -2.03. The fourth-order valence-corrected chi connectivity index (χ4v) is 0.864. The Morgan fingerprint density at radius 1 is 1.43 bits per heavy atom. The van der Waals surface area contributed by atoms with Gasteiger partial charge in [0.15, 0.2) is 0 Å². The summed E-state index contributed by atoms with van der Waals surface area (Å²) in [6, 6.07) is 3.06. The molecule has 0 bridgehead atoms. The Morgan fingerprint density at radius 3 is 2.71 bits per heavy atom. The van der Waals surface area contributed by atoms with Gasteiger partial charge in [0.1, 0.15) is 5.69 Å². The molecule has 2 amide bonds. The summed E-state index contributed by atoms with van der Waals surface area (Å²) in [4.78, 5) is 24.9. The summed E-state index contributed by atoms with van der Waals surface area (Å²) in [6.45, 7) is 0.00220. The molecule has 1 aromatic rings. The van der Waals surface area contributed by atoms with E-state index in [1.54, 1.807) is 6.07 Å². The van der Waals surface area contributed by atoms with E-state index in [2.05, 4.69) is 10.3 Å². The minimum atomic E-state index is -0.618. The molecule has 0 saturated carbocycles. The van der Waals surface area contributed by atoms with Crippen LogP contribution >= 0.6 is 0 Å². The van der Waals surface area contributed by atoms with Crippen molar-refractivity contribution in [3.63, 3.8) is 0 Å². The molecule has 6 heteroatoms. The molecule has 0 unspecified atom stereocenters. The molecule has 0 aromatic carbocycles. The van der Waals surface area contributed by atoms with Crippen molar-refractivity contribution in [1.82, 2.24) is 4.98 Å². The van der Waals surface area contributed by atoms with Crippen molar-refractivity contribution in [3.05, 3.63) is 24.0 Å². The lowest BCUT2D eigenvalue weighted by atomic mass is 10.3. The Morgan fingerprint density at radius 2 is 2.14 bits per heavy atom. The molecular weight excluding hydrogens is 184 g/mol. The number of nitrogens with one attached hydrogen (secondary N) is 1. The van der Waals surface area contributed by atoms with E-state index in [0.717, 1.165) is 0 Å². The Bertz CT molecular complexity index is 364. The molecule has 0 aliphatic rings. The van der Waals surface area contributed by atoms with Gasteiger partial charge in [-0.2, -0.15) is 0 Å². The molecule has 1 heterocycles. The van der Waals surface area contributed by atoms with Gasteiger partial charge in [0.25, 0.3) is 5.91 Å². The van der Waals surface area contributed by atoms with Gasteiger partial charge >= 0.3 is 0 Å². The molecule has 6 nitrogen and oxygen atoms in total. The maximum Gasteiger partial charge on any atom is 0.267 e. The van der Waals surface area contributed by atoms with Crippen LogP contribution in [0.4, 0.5) is 5.69 Å². The van der Waals surface area contributed by atoms with Crippen molar-refractivity contribution in [3.8, 4) is 0 Å². The first-order chi connectivity index (χ1) is 6.59. The summed E-state index contributed by atoms with van der Waals surface area (Å²) in [7, 11) is 0. The molecule has 5 N–H and O–H groups in total. The zero-order valence-electron chi connectivity index (χ0n) is 7.36. The Hall–Kier alpha value is -2.11. The van der Waals surface area contributed by atoms with Crippen LogP contribution in [0.2, 0.25) is 0 Å². The van der Waals surface area contributed by atoms with Crippen LogP contribution in [0.1, 0.15) is 10.5 Å². The van der Waals surface area contributed by atoms with Crippen molar-refractivity contribution < 1.29 is 9.59 Å². The molecule has 0 saturated heterocycles. The molecule has 74 valence electrons. The number of aromatic nitrogens is 1. The van der Waals surface area contributed by atoms with Gasteiger partial charge in [-0.3, -0.25) is 14.6 Å². The predicted octanol–water partition coefficient (Wildman–Crippen LogP) is -0.922. The third-order valence-electron chi connectivity index (χ3n) is 1.48. The molecule has 1 aromatic heterocycles. The summed E-state index contributed by atoms with van der Waals surface area (Å²) in [5.41, 5.74) is 10.7. The second-order valence-electron chi connectivity index (χ2n) is 2.61. The van der Waals surface area contributed by atoms with Crippen LogP contribution in [0.25, 0.3) is 0 Å². The number of hydrogen-bond donors (Lipinski definition) is 3. The third kappa shape index (κ3) is 2.74. The average Bonchev–Trinajstić information content (AvgIpc) is 2.15. The van der Waals surface area contributed by atoms with E-state index in [1.165, 1.54) is 12.3 Å². The van der Waals surface area contributed by atoms with Crippen molar-refractivity contribution in [2.75, 3.05) is 11.9 Å². The van der Waals surface area contributed by atoms with Crippen LogP contribution < -0.4 is 16.8 Å². The number of pyridine rings is 1. The molecule has 0 aliphatic heterocycles. The van der Waals surface area contributed by atoms with E-state index in [1.807, 2.05) is 0 Å². The number of carbonyl (C=O) groups excluding carboxylic acids is 2. The zero-order valence-corrected chi connectivity index (χ0v) is 7.36. The minimum absolute atomic E-state index is 0.00220. The molecular formula is C8H10N4O2. The largest absolute Gasteiger partial charge is 0.376 e. The lowest BCUT2D eigenvalue weighted by Crippen LogP contribution is -2.22. The van der Waals surface area contributed by atoms with E-state index >= 15 is 0 Å². The minimum Gasteiger partial charge on any atom is -0.376 e. The second-order valence-corrected chi connectivity index (χ2v) is 2.61. The summed E-state index contributed by atoms with van der Waals surface area (Å²) in [5.74, 6) is -1.10. The quantitative estimate of drug-likeness (QED) is 0.575. The van der Waals surface area contributed by atoms with Crippen molar-refractivity contribution >= 4 is 17.5 Å². The van der Waals surface area contributed by atoms with Gasteiger partial charge in [-0.1, -0.05) is 0 Å². The Labute approximate surface area is 80.3 Å². The third-order valence-corrected chi connectivity index (χ3v) is 1.48. The van der Waals surface area contributed by atoms with Crippen LogP contribution in [0.15, 0.2) is 18.3 Å². The summed E-state index contributed by atoms with van der Waals surface area (Å²) < 4.78 is 0. The van der Waals surface area contributed by atoms with E-state index in [9.17, 15) is 9.59 Å². The Kier molecular flexibility index (Phi) is 3.01. The van der Waals surface area contributed by atoms with Gasteiger partial charge in [0.05, 0.1) is 6.54 Å². The molecule has 1 rings (SSSR count). The summed E-state index contributed by atoms with van der Waals surface area (Å²) >= 11 is 0.